The molecule has 0 saturated carbocycles. The number of sulfonamides is 1. The average Bonchev–Trinajstić information content (AvgIpc) is 3.49. The van der Waals surface area contributed by atoms with Gasteiger partial charge in [-0.3, -0.25) is 9.36 Å². The lowest BCUT2D eigenvalue weighted by atomic mass is 10.1. The van der Waals surface area contributed by atoms with E-state index in [2.05, 4.69) is 0 Å². The van der Waals surface area contributed by atoms with E-state index < -0.39 is 15.8 Å². The first-order valence-electron chi connectivity index (χ1n) is 11.2. The fourth-order valence-corrected chi connectivity index (χ4v) is 5.93. The smallest absolute Gasteiger partial charge is 0.408 e. The van der Waals surface area contributed by atoms with Crippen LogP contribution in [0.1, 0.15) is 19.3 Å². The van der Waals surface area contributed by atoms with E-state index in [4.69, 9.17) is 4.42 Å². The first-order valence-corrected chi connectivity index (χ1v) is 12.7. The van der Waals surface area contributed by atoms with Gasteiger partial charge in [-0.15, -0.1) is 0 Å². The third-order valence-corrected chi connectivity index (χ3v) is 8.28. The molecule has 34 heavy (non-hydrogen) atoms. The normalized spacial score (nSPS) is 14.7. The lowest BCUT2D eigenvalue weighted by Gasteiger charge is -2.18. The van der Waals surface area contributed by atoms with Crippen LogP contribution >= 0.6 is 0 Å². The number of hydrogen-bond acceptors (Lipinski definition) is 5. The average molecular weight is 480 g/mol. The van der Waals surface area contributed by atoms with Crippen LogP contribution in [0, 0.1) is 0 Å². The number of anilines is 1. The van der Waals surface area contributed by atoms with E-state index in [1.807, 2.05) is 42.5 Å². The number of nitrogens with zero attached hydrogens (tertiary/aromatic N) is 3. The molecule has 0 unspecified atom stereocenters. The third kappa shape index (κ3) is 4.01. The molecule has 1 amide bonds. The monoisotopic (exact) mass is 479 g/mol. The summed E-state index contributed by atoms with van der Waals surface area (Å²) < 4.78 is 33.8. The van der Waals surface area contributed by atoms with Crippen molar-refractivity contribution < 1.29 is 17.6 Å². The number of fused-ring (bicyclic) bond motifs is 2. The standard InChI is InChI=1S/C25H25N3O5S/c1-26(20-9-8-18-6-2-3-7-19(18)16-20)24(29)12-15-28-22-11-10-21(17-23(22)33-25(28)30)34(31,32)27-13-4-5-14-27/h2-3,6-11,16-17H,4-5,12-15H2,1H3. The maximum Gasteiger partial charge on any atom is 0.419 e. The Hall–Kier alpha value is -3.43. The number of aryl methyl sites for hydroxylation is 1. The highest BCUT2D eigenvalue weighted by molar-refractivity contribution is 7.89. The van der Waals surface area contributed by atoms with Crippen molar-refractivity contribution in [3.8, 4) is 0 Å². The van der Waals surface area contributed by atoms with E-state index in [9.17, 15) is 18.0 Å². The highest BCUT2D eigenvalue weighted by Crippen LogP contribution is 2.25. The van der Waals surface area contributed by atoms with E-state index >= 15 is 0 Å². The van der Waals surface area contributed by atoms with Crippen LogP contribution in [0.15, 0.2) is 74.8 Å². The summed E-state index contributed by atoms with van der Waals surface area (Å²) in [5, 5.41) is 2.13. The molecule has 0 spiro atoms. The van der Waals surface area contributed by atoms with Gasteiger partial charge in [-0.25, -0.2) is 13.2 Å². The molecule has 0 aliphatic carbocycles. The van der Waals surface area contributed by atoms with Gasteiger partial charge in [0.2, 0.25) is 15.9 Å². The fourth-order valence-electron chi connectivity index (χ4n) is 4.40. The van der Waals surface area contributed by atoms with Crippen molar-refractivity contribution in [1.29, 1.82) is 0 Å². The van der Waals surface area contributed by atoms with Crippen molar-refractivity contribution in [1.82, 2.24) is 8.87 Å². The molecule has 9 heteroatoms. The van der Waals surface area contributed by atoms with Gasteiger partial charge in [0.15, 0.2) is 5.58 Å². The van der Waals surface area contributed by atoms with Gasteiger partial charge in [0.1, 0.15) is 0 Å². The van der Waals surface area contributed by atoms with Gasteiger partial charge in [0.25, 0.3) is 0 Å². The van der Waals surface area contributed by atoms with Crippen molar-refractivity contribution in [3.05, 3.63) is 71.2 Å². The first-order chi connectivity index (χ1) is 16.3. The topological polar surface area (TPSA) is 92.8 Å². The molecule has 1 saturated heterocycles. The van der Waals surface area contributed by atoms with Gasteiger partial charge in [-0.2, -0.15) is 4.31 Å². The SMILES string of the molecule is CN(C(=O)CCn1c(=O)oc2cc(S(=O)(=O)N3CCCC3)ccc21)c1ccc2ccccc2c1. The Bertz CT molecular complexity index is 1550. The minimum atomic E-state index is -3.62. The zero-order chi connectivity index (χ0) is 23.9. The van der Waals surface area contributed by atoms with Crippen LogP contribution in [0.5, 0.6) is 0 Å². The van der Waals surface area contributed by atoms with Gasteiger partial charge in [0.05, 0.1) is 10.4 Å². The second kappa shape index (κ2) is 8.73. The van der Waals surface area contributed by atoms with Crippen LogP contribution in [0.3, 0.4) is 0 Å². The minimum absolute atomic E-state index is 0.0890. The summed E-state index contributed by atoms with van der Waals surface area (Å²) >= 11 is 0. The van der Waals surface area contributed by atoms with E-state index in [1.54, 1.807) is 18.0 Å². The summed E-state index contributed by atoms with van der Waals surface area (Å²) in [6.45, 7) is 1.12. The van der Waals surface area contributed by atoms with Gasteiger partial charge >= 0.3 is 5.76 Å². The van der Waals surface area contributed by atoms with Crippen LogP contribution in [-0.2, 0) is 21.4 Å². The molecular weight excluding hydrogens is 454 g/mol. The molecular formula is C25H25N3O5S. The van der Waals surface area contributed by atoms with Crippen LogP contribution in [0.2, 0.25) is 0 Å². The Kier molecular flexibility index (Phi) is 5.75. The molecule has 0 N–H and O–H groups in total. The highest BCUT2D eigenvalue weighted by atomic mass is 32.2. The number of oxazole rings is 1. The lowest BCUT2D eigenvalue weighted by molar-refractivity contribution is -0.118. The van der Waals surface area contributed by atoms with E-state index in [1.165, 1.54) is 21.0 Å². The second-order valence-electron chi connectivity index (χ2n) is 8.49. The largest absolute Gasteiger partial charge is 0.419 e. The number of hydrogen-bond donors (Lipinski definition) is 0. The molecule has 0 bridgehead atoms. The van der Waals surface area contributed by atoms with E-state index in [0.717, 1.165) is 29.3 Å². The summed E-state index contributed by atoms with van der Waals surface area (Å²) in [6.07, 6.45) is 1.77. The third-order valence-electron chi connectivity index (χ3n) is 6.39. The second-order valence-corrected chi connectivity index (χ2v) is 10.4. The molecule has 8 nitrogen and oxygen atoms in total. The number of benzene rings is 3. The number of rotatable bonds is 6. The lowest BCUT2D eigenvalue weighted by Crippen LogP contribution is -2.28. The Labute approximate surface area is 197 Å². The van der Waals surface area contributed by atoms with Crippen molar-refractivity contribution in [2.24, 2.45) is 0 Å². The summed E-state index contributed by atoms with van der Waals surface area (Å²) in [7, 11) is -1.91. The van der Waals surface area contributed by atoms with E-state index in [-0.39, 0.29) is 29.4 Å². The number of carbonyl (C=O) groups is 1. The molecule has 1 aliphatic heterocycles. The first kappa shape index (κ1) is 22.4. The molecule has 0 radical (unpaired) electrons. The Balaban J connectivity index is 1.34. The molecule has 3 aromatic carbocycles. The maximum atomic E-state index is 12.8. The van der Waals surface area contributed by atoms with Gasteiger partial charge in [-0.05, 0) is 47.9 Å². The molecule has 1 fully saturated rings. The van der Waals surface area contributed by atoms with Crippen molar-refractivity contribution in [2.75, 3.05) is 25.0 Å². The summed E-state index contributed by atoms with van der Waals surface area (Å²) in [4.78, 5) is 27.0. The quantitative estimate of drug-likeness (QED) is 0.421. The molecule has 4 aromatic rings. The molecule has 1 aromatic heterocycles. The number of aromatic nitrogens is 1. The summed E-state index contributed by atoms with van der Waals surface area (Å²) in [5.74, 6) is -0.767. The van der Waals surface area contributed by atoms with Gasteiger partial charge < -0.3 is 9.32 Å². The van der Waals surface area contributed by atoms with Crippen molar-refractivity contribution >= 4 is 43.5 Å². The molecule has 1 aliphatic rings. The maximum absolute atomic E-state index is 12.8. The minimum Gasteiger partial charge on any atom is -0.408 e. The molecule has 5 rings (SSSR count). The van der Waals surface area contributed by atoms with Crippen LogP contribution in [0.4, 0.5) is 5.69 Å². The fraction of sp³-hybridized carbons (Fsp3) is 0.280. The molecule has 2 heterocycles. The summed E-state index contributed by atoms with van der Waals surface area (Å²) in [5.41, 5.74) is 1.43. The van der Waals surface area contributed by atoms with Crippen LogP contribution in [-0.4, -0.2) is 43.3 Å². The molecule has 176 valence electrons. The number of amides is 1. The summed E-state index contributed by atoms with van der Waals surface area (Å²) in [6, 6.07) is 18.2. The van der Waals surface area contributed by atoms with Gasteiger partial charge in [0, 0.05) is 44.9 Å². The van der Waals surface area contributed by atoms with Crippen molar-refractivity contribution in [3.63, 3.8) is 0 Å². The van der Waals surface area contributed by atoms with Crippen LogP contribution in [0.25, 0.3) is 21.9 Å². The van der Waals surface area contributed by atoms with Gasteiger partial charge in [-0.1, -0.05) is 30.3 Å². The zero-order valence-corrected chi connectivity index (χ0v) is 19.6. The van der Waals surface area contributed by atoms with Crippen molar-refractivity contribution in [2.45, 2.75) is 30.7 Å². The predicted molar refractivity (Wildman–Crippen MR) is 130 cm³/mol. The number of carbonyl (C=O) groups excluding carboxylic acids is 1. The van der Waals surface area contributed by atoms with Crippen LogP contribution < -0.4 is 10.7 Å². The Morgan fingerprint density at radius 1 is 1.00 bits per heavy atom. The highest BCUT2D eigenvalue weighted by Gasteiger charge is 2.28. The Morgan fingerprint density at radius 3 is 2.50 bits per heavy atom. The molecule has 0 atom stereocenters. The Morgan fingerprint density at radius 2 is 1.74 bits per heavy atom. The zero-order valence-electron chi connectivity index (χ0n) is 18.8. The van der Waals surface area contributed by atoms with E-state index in [0.29, 0.717) is 18.6 Å². The predicted octanol–water partition coefficient (Wildman–Crippen LogP) is 3.59.